The molecule has 0 aliphatic heterocycles. The van der Waals surface area contributed by atoms with Crippen LogP contribution in [0.2, 0.25) is 0 Å². The lowest BCUT2D eigenvalue weighted by atomic mass is 10.2. The summed E-state index contributed by atoms with van der Waals surface area (Å²) in [6, 6.07) is 5.11. The molecule has 0 atom stereocenters. The minimum absolute atomic E-state index is 0.162. The first-order valence-electron chi connectivity index (χ1n) is 5.89. The first kappa shape index (κ1) is 16.3. The molecule has 0 saturated carbocycles. The molecule has 1 heterocycles. The highest BCUT2D eigenvalue weighted by molar-refractivity contribution is 9.11. The standard InChI is InChI=1S/C13H11Br2N3O2S/c1-7-4-8(14)5-9(15)12(7)17-11(20)6-21-13-16-3-2-10(19)18-13/h2-5H,6H2,1H3,(H,17,20)(H,16,18,19). The van der Waals surface area contributed by atoms with Crippen molar-refractivity contribution in [3.63, 3.8) is 0 Å². The van der Waals surface area contributed by atoms with E-state index >= 15 is 0 Å². The number of amides is 1. The third-order valence-corrected chi connectivity index (χ3v) is 4.48. The highest BCUT2D eigenvalue weighted by Gasteiger charge is 2.10. The van der Waals surface area contributed by atoms with Gasteiger partial charge in [0.1, 0.15) is 0 Å². The van der Waals surface area contributed by atoms with Crippen molar-refractivity contribution in [2.24, 2.45) is 0 Å². The summed E-state index contributed by atoms with van der Waals surface area (Å²) in [6.07, 6.45) is 1.41. The Morgan fingerprint density at radius 2 is 2.19 bits per heavy atom. The van der Waals surface area contributed by atoms with Gasteiger partial charge in [0.05, 0.1) is 11.4 Å². The van der Waals surface area contributed by atoms with Crippen molar-refractivity contribution in [3.8, 4) is 0 Å². The van der Waals surface area contributed by atoms with Crippen LogP contribution in [-0.2, 0) is 4.79 Å². The van der Waals surface area contributed by atoms with Crippen LogP contribution in [0.1, 0.15) is 5.56 Å². The molecule has 0 saturated heterocycles. The summed E-state index contributed by atoms with van der Waals surface area (Å²) >= 11 is 7.99. The van der Waals surface area contributed by atoms with E-state index in [1.54, 1.807) is 0 Å². The Morgan fingerprint density at radius 1 is 1.43 bits per heavy atom. The number of aromatic nitrogens is 2. The molecular weight excluding hydrogens is 422 g/mol. The van der Waals surface area contributed by atoms with Gasteiger partial charge >= 0.3 is 0 Å². The zero-order valence-electron chi connectivity index (χ0n) is 10.9. The number of thioether (sulfide) groups is 1. The van der Waals surface area contributed by atoms with Gasteiger partial charge in [0.25, 0.3) is 5.56 Å². The van der Waals surface area contributed by atoms with Crippen LogP contribution < -0.4 is 10.9 Å². The minimum atomic E-state index is -0.237. The van der Waals surface area contributed by atoms with Gasteiger partial charge < -0.3 is 10.3 Å². The van der Waals surface area contributed by atoms with Crippen molar-refractivity contribution in [2.45, 2.75) is 12.1 Å². The quantitative estimate of drug-likeness (QED) is 0.573. The van der Waals surface area contributed by atoms with Crippen molar-refractivity contribution < 1.29 is 4.79 Å². The van der Waals surface area contributed by atoms with E-state index in [1.165, 1.54) is 24.0 Å². The first-order chi connectivity index (χ1) is 9.95. The van der Waals surface area contributed by atoms with Crippen LogP contribution in [0.15, 0.2) is 43.3 Å². The molecule has 8 heteroatoms. The van der Waals surface area contributed by atoms with E-state index in [2.05, 4.69) is 47.1 Å². The predicted octanol–water partition coefficient (Wildman–Crippen LogP) is 3.33. The maximum absolute atomic E-state index is 12.0. The van der Waals surface area contributed by atoms with E-state index in [1.807, 2.05) is 19.1 Å². The molecule has 1 aromatic carbocycles. The van der Waals surface area contributed by atoms with Crippen molar-refractivity contribution in [3.05, 3.63) is 49.3 Å². The molecule has 2 N–H and O–H groups in total. The molecule has 0 bridgehead atoms. The third-order valence-electron chi connectivity index (χ3n) is 2.50. The van der Waals surface area contributed by atoms with E-state index in [0.717, 1.165) is 20.2 Å². The molecule has 0 spiro atoms. The van der Waals surface area contributed by atoms with E-state index in [0.29, 0.717) is 5.16 Å². The van der Waals surface area contributed by atoms with Gasteiger partial charge in [-0.05, 0) is 40.5 Å². The van der Waals surface area contributed by atoms with E-state index in [4.69, 9.17) is 0 Å². The second kappa shape index (κ2) is 7.24. The summed E-state index contributed by atoms with van der Waals surface area (Å²) in [6.45, 7) is 1.91. The fraction of sp³-hybridized carbons (Fsp3) is 0.154. The summed E-state index contributed by atoms with van der Waals surface area (Å²) in [5.74, 6) is -0.00726. The maximum atomic E-state index is 12.0. The number of halogens is 2. The number of aromatic amines is 1. The molecule has 1 amide bonds. The topological polar surface area (TPSA) is 74.8 Å². The number of H-pyrrole nitrogens is 1. The molecule has 0 fully saturated rings. The van der Waals surface area contributed by atoms with Crippen molar-refractivity contribution >= 4 is 55.2 Å². The van der Waals surface area contributed by atoms with Gasteiger partial charge in [-0.1, -0.05) is 27.7 Å². The summed E-state index contributed by atoms with van der Waals surface area (Å²) in [4.78, 5) is 29.6. The van der Waals surface area contributed by atoms with E-state index in [9.17, 15) is 9.59 Å². The van der Waals surface area contributed by atoms with Gasteiger partial charge in [-0.2, -0.15) is 0 Å². The summed E-state index contributed by atoms with van der Waals surface area (Å²) < 4.78 is 1.74. The molecule has 0 radical (unpaired) electrons. The number of anilines is 1. The number of hydrogen-bond donors (Lipinski definition) is 2. The Labute approximate surface area is 142 Å². The molecule has 1 aromatic heterocycles. The van der Waals surface area contributed by atoms with Crippen LogP contribution in [0.3, 0.4) is 0 Å². The molecule has 0 unspecified atom stereocenters. The fourth-order valence-electron chi connectivity index (χ4n) is 1.60. The average molecular weight is 433 g/mol. The lowest BCUT2D eigenvalue weighted by molar-refractivity contribution is -0.113. The van der Waals surface area contributed by atoms with Gasteiger partial charge in [0, 0.05) is 21.2 Å². The number of nitrogens with one attached hydrogen (secondary N) is 2. The minimum Gasteiger partial charge on any atom is -0.324 e. The molecule has 5 nitrogen and oxygen atoms in total. The van der Waals surface area contributed by atoms with Crippen LogP contribution in [-0.4, -0.2) is 21.6 Å². The normalized spacial score (nSPS) is 10.4. The number of rotatable bonds is 4. The Balaban J connectivity index is 2.01. The summed E-state index contributed by atoms with van der Waals surface area (Å²) in [7, 11) is 0. The highest BCUT2D eigenvalue weighted by Crippen LogP contribution is 2.30. The van der Waals surface area contributed by atoms with Crippen molar-refractivity contribution in [1.82, 2.24) is 9.97 Å². The highest BCUT2D eigenvalue weighted by atomic mass is 79.9. The van der Waals surface area contributed by atoms with Crippen LogP contribution in [0.4, 0.5) is 5.69 Å². The fourth-order valence-corrected chi connectivity index (χ4v) is 3.78. The number of hydrogen-bond acceptors (Lipinski definition) is 4. The lowest BCUT2D eigenvalue weighted by Gasteiger charge is -2.11. The number of benzene rings is 1. The SMILES string of the molecule is Cc1cc(Br)cc(Br)c1NC(=O)CSc1nccc(=O)[nH]1. The Kier molecular flexibility index (Phi) is 5.60. The Morgan fingerprint density at radius 3 is 2.86 bits per heavy atom. The lowest BCUT2D eigenvalue weighted by Crippen LogP contribution is -2.16. The Hall–Kier alpha value is -1.12. The summed E-state index contributed by atoms with van der Waals surface area (Å²) in [5, 5.41) is 3.26. The van der Waals surface area contributed by atoms with Crippen LogP contribution in [0, 0.1) is 6.92 Å². The zero-order valence-corrected chi connectivity index (χ0v) is 14.9. The predicted molar refractivity (Wildman–Crippen MR) is 90.8 cm³/mol. The maximum Gasteiger partial charge on any atom is 0.251 e. The van der Waals surface area contributed by atoms with Gasteiger partial charge in [-0.3, -0.25) is 9.59 Å². The first-order valence-corrected chi connectivity index (χ1v) is 8.46. The third kappa shape index (κ3) is 4.69. The van der Waals surface area contributed by atoms with Gasteiger partial charge in [0.15, 0.2) is 5.16 Å². The van der Waals surface area contributed by atoms with Gasteiger partial charge in [0.2, 0.25) is 5.91 Å². The largest absolute Gasteiger partial charge is 0.324 e. The number of nitrogens with zero attached hydrogens (tertiary/aromatic N) is 1. The summed E-state index contributed by atoms with van der Waals surface area (Å²) in [5.41, 5.74) is 1.44. The molecule has 21 heavy (non-hydrogen) atoms. The molecule has 2 rings (SSSR count). The molecular formula is C13H11Br2N3O2S. The molecule has 2 aromatic rings. The Bertz CT molecular complexity index is 710. The second-order valence-corrected chi connectivity index (χ2v) is 6.89. The van der Waals surface area contributed by atoms with Gasteiger partial charge in [-0.25, -0.2) is 4.98 Å². The molecule has 0 aliphatic rings. The van der Waals surface area contributed by atoms with Crippen LogP contribution >= 0.6 is 43.6 Å². The second-order valence-electron chi connectivity index (χ2n) is 4.16. The van der Waals surface area contributed by atoms with Crippen molar-refractivity contribution in [2.75, 3.05) is 11.1 Å². The smallest absolute Gasteiger partial charge is 0.251 e. The van der Waals surface area contributed by atoms with E-state index in [-0.39, 0.29) is 17.2 Å². The monoisotopic (exact) mass is 431 g/mol. The van der Waals surface area contributed by atoms with Crippen LogP contribution in [0.5, 0.6) is 0 Å². The number of aryl methyl sites for hydroxylation is 1. The number of carbonyl (C=O) groups is 1. The molecule has 110 valence electrons. The molecule has 0 aliphatic carbocycles. The van der Waals surface area contributed by atoms with Gasteiger partial charge in [-0.15, -0.1) is 0 Å². The van der Waals surface area contributed by atoms with Crippen LogP contribution in [0.25, 0.3) is 0 Å². The van der Waals surface area contributed by atoms with Crippen molar-refractivity contribution in [1.29, 1.82) is 0 Å². The average Bonchev–Trinajstić information content (AvgIpc) is 2.40. The van der Waals surface area contributed by atoms with E-state index < -0.39 is 0 Å². The zero-order chi connectivity index (χ0) is 15.4. The number of carbonyl (C=O) groups excluding carboxylic acids is 1.